The van der Waals surface area contributed by atoms with E-state index in [1.165, 1.54) is 22.3 Å². The molecule has 3 rings (SSSR count). The summed E-state index contributed by atoms with van der Waals surface area (Å²) in [5, 5.41) is 3.65. The van der Waals surface area contributed by atoms with Crippen LogP contribution < -0.4 is 19.5 Å². The van der Waals surface area contributed by atoms with Gasteiger partial charge in [0.25, 0.3) is 0 Å². The van der Waals surface area contributed by atoms with Crippen LogP contribution in [-0.2, 0) is 6.42 Å². The largest absolute Gasteiger partial charge is 0.493 e. The Balaban J connectivity index is 1.88. The third-order valence-corrected chi connectivity index (χ3v) is 5.06. The second kappa shape index (κ2) is 8.63. The summed E-state index contributed by atoms with van der Waals surface area (Å²) in [6, 6.07) is 10.7. The molecule has 0 bridgehead atoms. The minimum Gasteiger partial charge on any atom is -0.493 e. The summed E-state index contributed by atoms with van der Waals surface area (Å²) >= 11 is 0. The van der Waals surface area contributed by atoms with E-state index >= 15 is 0 Å². The van der Waals surface area contributed by atoms with Gasteiger partial charge in [-0.05, 0) is 74.0 Å². The van der Waals surface area contributed by atoms with E-state index in [0.29, 0.717) is 6.61 Å². The second-order valence-electron chi connectivity index (χ2n) is 7.21. The molecule has 27 heavy (non-hydrogen) atoms. The van der Waals surface area contributed by atoms with E-state index in [0.717, 1.165) is 36.8 Å². The molecule has 5 heteroatoms. The van der Waals surface area contributed by atoms with Crippen LogP contribution in [0.25, 0.3) is 0 Å². The lowest BCUT2D eigenvalue weighted by Gasteiger charge is -2.29. The summed E-state index contributed by atoms with van der Waals surface area (Å²) in [5.41, 5.74) is 5.05. The molecule has 2 aromatic carbocycles. The zero-order chi connectivity index (χ0) is 19.4. The Kier molecular flexibility index (Phi) is 6.24. The first-order chi connectivity index (χ1) is 13.0. The van der Waals surface area contributed by atoms with Crippen LogP contribution in [0.5, 0.6) is 17.2 Å². The van der Waals surface area contributed by atoms with Gasteiger partial charge < -0.3 is 24.4 Å². The molecule has 5 nitrogen and oxygen atoms in total. The first-order valence-electron chi connectivity index (χ1n) is 9.39. The van der Waals surface area contributed by atoms with Crippen molar-refractivity contribution in [2.24, 2.45) is 0 Å². The average molecular weight is 370 g/mol. The Morgan fingerprint density at radius 2 is 1.78 bits per heavy atom. The van der Waals surface area contributed by atoms with Crippen LogP contribution in [0, 0.1) is 6.92 Å². The fourth-order valence-corrected chi connectivity index (χ4v) is 3.56. The molecule has 1 heterocycles. The third-order valence-electron chi connectivity index (χ3n) is 5.06. The van der Waals surface area contributed by atoms with Crippen molar-refractivity contribution in [1.29, 1.82) is 0 Å². The number of nitrogens with zero attached hydrogens (tertiary/aromatic N) is 1. The molecule has 0 fully saturated rings. The fraction of sp³-hybridized carbons (Fsp3) is 0.455. The van der Waals surface area contributed by atoms with E-state index in [2.05, 4.69) is 55.5 Å². The van der Waals surface area contributed by atoms with Gasteiger partial charge in [0, 0.05) is 13.1 Å². The highest BCUT2D eigenvalue weighted by molar-refractivity contribution is 5.52. The second-order valence-corrected chi connectivity index (χ2v) is 7.21. The van der Waals surface area contributed by atoms with Crippen LogP contribution in [0.4, 0.5) is 0 Å². The van der Waals surface area contributed by atoms with Crippen molar-refractivity contribution in [3.05, 3.63) is 52.6 Å². The van der Waals surface area contributed by atoms with Crippen LogP contribution in [-0.4, -0.2) is 52.9 Å². The minimum absolute atomic E-state index is 0.143. The molecule has 0 aromatic heterocycles. The van der Waals surface area contributed by atoms with E-state index in [1.807, 2.05) is 6.07 Å². The predicted molar refractivity (Wildman–Crippen MR) is 108 cm³/mol. The molecule has 0 radical (unpaired) electrons. The van der Waals surface area contributed by atoms with Crippen molar-refractivity contribution in [2.75, 3.05) is 48.0 Å². The highest BCUT2D eigenvalue weighted by Crippen LogP contribution is 2.37. The Labute approximate surface area is 162 Å². The van der Waals surface area contributed by atoms with Crippen LogP contribution in [0.2, 0.25) is 0 Å². The standard InChI is InChI=1S/C22H30N2O3/c1-15-12-20(25-4)21(26-5)14-19(15)22-18-7-6-17(27-11-10-24(2)3)13-16(18)8-9-23-22/h6-7,12-14,22-23H,8-11H2,1-5H3. The van der Waals surface area contributed by atoms with Crippen molar-refractivity contribution in [3.63, 3.8) is 0 Å². The number of likely N-dealkylation sites (N-methyl/N-ethyl adjacent to an activating group) is 1. The van der Waals surface area contributed by atoms with Gasteiger partial charge in [-0.25, -0.2) is 0 Å². The number of aryl methyl sites for hydroxylation is 1. The Morgan fingerprint density at radius 3 is 2.48 bits per heavy atom. The van der Waals surface area contributed by atoms with Gasteiger partial charge in [-0.3, -0.25) is 0 Å². The van der Waals surface area contributed by atoms with Gasteiger partial charge >= 0.3 is 0 Å². The summed E-state index contributed by atoms with van der Waals surface area (Å²) in [6.07, 6.45) is 1.00. The molecule has 1 unspecified atom stereocenters. The van der Waals surface area contributed by atoms with Crippen LogP contribution in [0.1, 0.15) is 28.3 Å². The molecule has 1 atom stereocenters. The van der Waals surface area contributed by atoms with Gasteiger partial charge in [0.15, 0.2) is 11.5 Å². The zero-order valence-corrected chi connectivity index (χ0v) is 17.0. The van der Waals surface area contributed by atoms with E-state index in [-0.39, 0.29) is 6.04 Å². The number of fused-ring (bicyclic) bond motifs is 1. The monoisotopic (exact) mass is 370 g/mol. The molecule has 0 spiro atoms. The molecular formula is C22H30N2O3. The molecule has 1 aliphatic heterocycles. The van der Waals surface area contributed by atoms with E-state index in [9.17, 15) is 0 Å². The number of methoxy groups -OCH3 is 2. The smallest absolute Gasteiger partial charge is 0.161 e. The molecular weight excluding hydrogens is 340 g/mol. The maximum absolute atomic E-state index is 5.92. The summed E-state index contributed by atoms with van der Waals surface area (Å²) in [5.74, 6) is 2.47. The van der Waals surface area contributed by atoms with E-state index < -0.39 is 0 Å². The summed E-state index contributed by atoms with van der Waals surface area (Å²) in [6.45, 7) is 4.66. The number of nitrogens with one attached hydrogen (secondary N) is 1. The number of hydrogen-bond acceptors (Lipinski definition) is 5. The summed E-state index contributed by atoms with van der Waals surface area (Å²) < 4.78 is 16.9. The minimum atomic E-state index is 0.143. The summed E-state index contributed by atoms with van der Waals surface area (Å²) in [4.78, 5) is 2.12. The van der Waals surface area contributed by atoms with Crippen molar-refractivity contribution in [3.8, 4) is 17.2 Å². The molecule has 2 aromatic rings. The number of ether oxygens (including phenoxy) is 3. The Hall–Kier alpha value is -2.24. The lowest BCUT2D eigenvalue weighted by atomic mass is 9.87. The van der Waals surface area contributed by atoms with Crippen molar-refractivity contribution < 1.29 is 14.2 Å². The number of hydrogen-bond donors (Lipinski definition) is 1. The van der Waals surface area contributed by atoms with Crippen molar-refractivity contribution >= 4 is 0 Å². The molecule has 1 N–H and O–H groups in total. The first-order valence-corrected chi connectivity index (χ1v) is 9.39. The van der Waals surface area contributed by atoms with Crippen LogP contribution in [0.15, 0.2) is 30.3 Å². The molecule has 0 aliphatic carbocycles. The highest BCUT2D eigenvalue weighted by atomic mass is 16.5. The van der Waals surface area contributed by atoms with Gasteiger partial charge in [0.1, 0.15) is 12.4 Å². The average Bonchev–Trinajstić information content (AvgIpc) is 2.67. The van der Waals surface area contributed by atoms with Gasteiger partial charge in [0.05, 0.1) is 20.3 Å². The Morgan fingerprint density at radius 1 is 1.04 bits per heavy atom. The predicted octanol–water partition coefficient (Wildman–Crippen LogP) is 3.19. The molecule has 0 saturated heterocycles. The molecule has 0 saturated carbocycles. The third kappa shape index (κ3) is 4.37. The maximum Gasteiger partial charge on any atom is 0.161 e. The maximum atomic E-state index is 5.92. The normalized spacial score (nSPS) is 16.1. The Bertz CT molecular complexity index is 789. The fourth-order valence-electron chi connectivity index (χ4n) is 3.56. The number of rotatable bonds is 7. The lowest BCUT2D eigenvalue weighted by molar-refractivity contribution is 0.261. The molecule has 1 aliphatic rings. The van der Waals surface area contributed by atoms with Gasteiger partial charge in [-0.1, -0.05) is 6.07 Å². The molecule has 0 amide bonds. The number of benzene rings is 2. The van der Waals surface area contributed by atoms with Crippen molar-refractivity contribution in [2.45, 2.75) is 19.4 Å². The van der Waals surface area contributed by atoms with Crippen molar-refractivity contribution in [1.82, 2.24) is 10.2 Å². The van der Waals surface area contributed by atoms with E-state index in [4.69, 9.17) is 14.2 Å². The highest BCUT2D eigenvalue weighted by Gasteiger charge is 2.24. The SMILES string of the molecule is COc1cc(C)c(C2NCCc3cc(OCCN(C)C)ccc32)cc1OC. The van der Waals surface area contributed by atoms with Crippen LogP contribution >= 0.6 is 0 Å². The van der Waals surface area contributed by atoms with E-state index in [1.54, 1.807) is 14.2 Å². The zero-order valence-electron chi connectivity index (χ0n) is 17.0. The summed E-state index contributed by atoms with van der Waals surface area (Å²) in [7, 11) is 7.45. The first kappa shape index (κ1) is 19.5. The molecule has 146 valence electrons. The topological polar surface area (TPSA) is 43.0 Å². The lowest BCUT2D eigenvalue weighted by Crippen LogP contribution is -2.31. The van der Waals surface area contributed by atoms with Gasteiger partial charge in [-0.15, -0.1) is 0 Å². The van der Waals surface area contributed by atoms with Gasteiger partial charge in [0.2, 0.25) is 0 Å². The quantitative estimate of drug-likeness (QED) is 0.811. The van der Waals surface area contributed by atoms with Crippen LogP contribution in [0.3, 0.4) is 0 Å². The van der Waals surface area contributed by atoms with Gasteiger partial charge in [-0.2, -0.15) is 0 Å².